The minimum Gasteiger partial charge on any atom is -0.478 e. The summed E-state index contributed by atoms with van der Waals surface area (Å²) in [6.07, 6.45) is 0. The number of hydrogen-bond donors (Lipinski definition) is 1. The summed E-state index contributed by atoms with van der Waals surface area (Å²) >= 11 is 1.57. The number of hydrogen-bond acceptors (Lipinski definition) is 6. The molecule has 1 aromatic heterocycles. The molecule has 2 aromatic rings. The summed E-state index contributed by atoms with van der Waals surface area (Å²) in [4.78, 5) is 22.6. The molecule has 1 aliphatic rings. The second kappa shape index (κ2) is 8.51. The number of nitrogens with zero attached hydrogens (tertiary/aromatic N) is 3. The Bertz CT molecular complexity index is 759. The van der Waals surface area contributed by atoms with Gasteiger partial charge >= 0.3 is 5.97 Å². The van der Waals surface area contributed by atoms with Crippen molar-refractivity contribution >= 4 is 23.5 Å². The standard InChI is InChI=1S/C19H23N3O3S/c1-13(2)16-11-17(22-7-9-25-10-8-22)21-19(20-16)26-12-14-3-5-15(6-4-14)18(23)24/h3-6,11,13H,7-10,12H2,1-2H3,(H,23,24). The summed E-state index contributed by atoms with van der Waals surface area (Å²) in [6.45, 7) is 7.39. The molecule has 0 radical (unpaired) electrons. The normalized spacial score (nSPS) is 14.7. The van der Waals surface area contributed by atoms with Gasteiger partial charge in [-0.05, 0) is 23.6 Å². The molecule has 0 saturated carbocycles. The maximum Gasteiger partial charge on any atom is 0.335 e. The number of rotatable bonds is 6. The summed E-state index contributed by atoms with van der Waals surface area (Å²) < 4.78 is 5.43. The van der Waals surface area contributed by atoms with E-state index < -0.39 is 5.97 Å². The van der Waals surface area contributed by atoms with Crippen molar-refractivity contribution in [3.05, 3.63) is 47.2 Å². The second-order valence-electron chi connectivity index (χ2n) is 6.48. The number of thioether (sulfide) groups is 1. The Hall–Kier alpha value is -2.12. The molecule has 0 bridgehead atoms. The van der Waals surface area contributed by atoms with Crippen molar-refractivity contribution in [2.45, 2.75) is 30.7 Å². The third-order valence-corrected chi connectivity index (χ3v) is 5.13. The molecule has 2 heterocycles. The molecule has 1 N–H and O–H groups in total. The van der Waals surface area contributed by atoms with E-state index in [-0.39, 0.29) is 0 Å². The van der Waals surface area contributed by atoms with Crippen LogP contribution in [0.1, 0.15) is 41.4 Å². The number of anilines is 1. The number of morpholine rings is 1. The van der Waals surface area contributed by atoms with E-state index in [2.05, 4.69) is 29.8 Å². The monoisotopic (exact) mass is 373 g/mol. The molecule has 0 unspecified atom stereocenters. The number of carboxylic acid groups (broad SMARTS) is 1. The van der Waals surface area contributed by atoms with Crippen LogP contribution < -0.4 is 4.90 Å². The molecule has 6 nitrogen and oxygen atoms in total. The Morgan fingerprint density at radius 1 is 1.23 bits per heavy atom. The van der Waals surface area contributed by atoms with Gasteiger partial charge in [0.1, 0.15) is 5.82 Å². The van der Waals surface area contributed by atoms with Crippen molar-refractivity contribution in [3.8, 4) is 0 Å². The van der Waals surface area contributed by atoms with Crippen LogP contribution in [0, 0.1) is 0 Å². The summed E-state index contributed by atoms with van der Waals surface area (Å²) in [7, 11) is 0. The highest BCUT2D eigenvalue weighted by Gasteiger charge is 2.16. The van der Waals surface area contributed by atoms with Gasteiger partial charge < -0.3 is 14.7 Å². The zero-order chi connectivity index (χ0) is 18.5. The van der Waals surface area contributed by atoms with Crippen molar-refractivity contribution in [1.29, 1.82) is 0 Å². The van der Waals surface area contributed by atoms with Crippen molar-refractivity contribution in [2.75, 3.05) is 31.2 Å². The first-order valence-electron chi connectivity index (χ1n) is 8.69. The number of benzene rings is 1. The zero-order valence-corrected chi connectivity index (χ0v) is 15.8. The molecule has 26 heavy (non-hydrogen) atoms. The highest BCUT2D eigenvalue weighted by Crippen LogP contribution is 2.26. The summed E-state index contributed by atoms with van der Waals surface area (Å²) in [6, 6.07) is 9.00. The van der Waals surface area contributed by atoms with Crippen LogP contribution in [0.3, 0.4) is 0 Å². The van der Waals surface area contributed by atoms with Crippen molar-refractivity contribution in [2.24, 2.45) is 0 Å². The molecule has 1 fully saturated rings. The van der Waals surface area contributed by atoms with Crippen molar-refractivity contribution in [1.82, 2.24) is 9.97 Å². The molecule has 0 aliphatic carbocycles. The van der Waals surface area contributed by atoms with Crippen LogP contribution in [0.4, 0.5) is 5.82 Å². The van der Waals surface area contributed by atoms with E-state index in [1.807, 2.05) is 12.1 Å². The molecule has 0 atom stereocenters. The lowest BCUT2D eigenvalue weighted by Crippen LogP contribution is -2.37. The van der Waals surface area contributed by atoms with E-state index in [9.17, 15) is 4.79 Å². The average molecular weight is 373 g/mol. The lowest BCUT2D eigenvalue weighted by atomic mass is 10.1. The third-order valence-electron chi connectivity index (χ3n) is 4.21. The van der Waals surface area contributed by atoms with Crippen LogP contribution >= 0.6 is 11.8 Å². The lowest BCUT2D eigenvalue weighted by Gasteiger charge is -2.28. The number of carboxylic acids is 1. The molecule has 138 valence electrons. The van der Waals surface area contributed by atoms with Gasteiger partial charge in [-0.1, -0.05) is 37.7 Å². The first-order chi connectivity index (χ1) is 12.5. The molecule has 0 amide bonds. The van der Waals surface area contributed by atoms with Crippen LogP contribution in [0.15, 0.2) is 35.5 Å². The SMILES string of the molecule is CC(C)c1cc(N2CCOCC2)nc(SCc2ccc(C(=O)O)cc2)n1. The number of ether oxygens (including phenoxy) is 1. The first-order valence-corrected chi connectivity index (χ1v) is 9.68. The fourth-order valence-corrected chi connectivity index (χ4v) is 3.45. The van der Waals surface area contributed by atoms with Crippen LogP contribution in [0.5, 0.6) is 0 Å². The number of aromatic nitrogens is 2. The topological polar surface area (TPSA) is 75.5 Å². The maximum atomic E-state index is 10.9. The number of aromatic carboxylic acids is 1. The zero-order valence-electron chi connectivity index (χ0n) is 15.0. The summed E-state index contributed by atoms with van der Waals surface area (Å²) in [5.41, 5.74) is 2.38. The molecule has 0 spiro atoms. The van der Waals surface area contributed by atoms with E-state index >= 15 is 0 Å². The van der Waals surface area contributed by atoms with Gasteiger partial charge in [0.05, 0.1) is 18.8 Å². The van der Waals surface area contributed by atoms with Gasteiger partial charge in [0.25, 0.3) is 0 Å². The van der Waals surface area contributed by atoms with Crippen LogP contribution in [0.2, 0.25) is 0 Å². The van der Waals surface area contributed by atoms with Gasteiger partial charge in [-0.15, -0.1) is 0 Å². The van der Waals surface area contributed by atoms with Gasteiger partial charge in [-0.25, -0.2) is 14.8 Å². The Morgan fingerprint density at radius 3 is 2.54 bits per heavy atom. The summed E-state index contributed by atoms with van der Waals surface area (Å²) in [5, 5.41) is 9.73. The van der Waals surface area contributed by atoms with E-state index in [0.29, 0.717) is 17.2 Å². The van der Waals surface area contributed by atoms with Crippen molar-refractivity contribution < 1.29 is 14.6 Å². The van der Waals surface area contributed by atoms with E-state index in [0.717, 1.165) is 48.5 Å². The smallest absolute Gasteiger partial charge is 0.335 e. The molecule has 1 aromatic carbocycles. The number of carbonyl (C=O) groups is 1. The molecule has 7 heteroatoms. The van der Waals surface area contributed by atoms with E-state index in [1.54, 1.807) is 23.9 Å². The largest absolute Gasteiger partial charge is 0.478 e. The fourth-order valence-electron chi connectivity index (χ4n) is 2.64. The minimum atomic E-state index is -0.910. The van der Waals surface area contributed by atoms with Gasteiger partial charge in [-0.3, -0.25) is 0 Å². The Labute approximate surface area is 157 Å². The van der Waals surface area contributed by atoms with Gasteiger partial charge in [0.2, 0.25) is 0 Å². The maximum absolute atomic E-state index is 10.9. The fraction of sp³-hybridized carbons (Fsp3) is 0.421. The van der Waals surface area contributed by atoms with Crippen LogP contribution in [-0.4, -0.2) is 47.3 Å². The van der Waals surface area contributed by atoms with Crippen LogP contribution in [-0.2, 0) is 10.5 Å². The Balaban J connectivity index is 1.75. The highest BCUT2D eigenvalue weighted by atomic mass is 32.2. The lowest BCUT2D eigenvalue weighted by molar-refractivity contribution is 0.0697. The molecule has 3 rings (SSSR count). The molecular weight excluding hydrogens is 350 g/mol. The summed E-state index contributed by atoms with van der Waals surface area (Å²) in [5.74, 6) is 1.07. The predicted octanol–water partition coefficient (Wildman–Crippen LogP) is 3.43. The van der Waals surface area contributed by atoms with Gasteiger partial charge in [0.15, 0.2) is 5.16 Å². The quantitative estimate of drug-likeness (QED) is 0.614. The average Bonchev–Trinajstić information content (AvgIpc) is 2.67. The minimum absolute atomic E-state index is 0.298. The highest BCUT2D eigenvalue weighted by molar-refractivity contribution is 7.98. The van der Waals surface area contributed by atoms with E-state index in [1.165, 1.54) is 0 Å². The molecular formula is C19H23N3O3S. The Morgan fingerprint density at radius 2 is 1.92 bits per heavy atom. The third kappa shape index (κ3) is 4.74. The van der Waals surface area contributed by atoms with Gasteiger partial charge in [0, 0.05) is 30.6 Å². The first kappa shape index (κ1) is 18.7. The Kier molecular flexibility index (Phi) is 6.11. The molecule has 1 saturated heterocycles. The van der Waals surface area contributed by atoms with Crippen molar-refractivity contribution in [3.63, 3.8) is 0 Å². The predicted molar refractivity (Wildman–Crippen MR) is 102 cm³/mol. The van der Waals surface area contributed by atoms with Crippen LogP contribution in [0.25, 0.3) is 0 Å². The van der Waals surface area contributed by atoms with Gasteiger partial charge in [-0.2, -0.15) is 0 Å². The second-order valence-corrected chi connectivity index (χ2v) is 7.42. The molecule has 1 aliphatic heterocycles. The van der Waals surface area contributed by atoms with E-state index in [4.69, 9.17) is 14.8 Å².